The van der Waals surface area contributed by atoms with Gasteiger partial charge in [-0.1, -0.05) is 37.3 Å². The van der Waals surface area contributed by atoms with Crippen molar-refractivity contribution in [3.8, 4) is 0 Å². The third-order valence-electron chi connectivity index (χ3n) is 1.81. The molecule has 0 saturated carbocycles. The van der Waals surface area contributed by atoms with Gasteiger partial charge in [-0.2, -0.15) is 0 Å². The van der Waals surface area contributed by atoms with Gasteiger partial charge >= 0.3 is 0 Å². The summed E-state index contributed by atoms with van der Waals surface area (Å²) in [5, 5.41) is 0. The van der Waals surface area contributed by atoms with Gasteiger partial charge < -0.3 is 4.74 Å². The van der Waals surface area contributed by atoms with E-state index in [2.05, 4.69) is 19.1 Å². The molecule has 0 heterocycles. The number of hydrogen-bond acceptors (Lipinski definition) is 1. The minimum atomic E-state index is 0.868. The molecular weight excluding hydrogens is 160 g/mol. The number of benzene rings is 1. The fourth-order valence-corrected chi connectivity index (χ4v) is 1.14. The van der Waals surface area contributed by atoms with E-state index in [-0.39, 0.29) is 0 Å². The van der Waals surface area contributed by atoms with Crippen LogP contribution in [-0.2, 0) is 4.74 Å². The second kappa shape index (κ2) is 5.41. The Morgan fingerprint density at radius 1 is 1.38 bits per heavy atom. The predicted molar refractivity (Wildman–Crippen MR) is 56.0 cm³/mol. The second-order valence-electron chi connectivity index (χ2n) is 2.83. The lowest BCUT2D eigenvalue weighted by Gasteiger charge is -2.03. The zero-order valence-electron chi connectivity index (χ0n) is 7.99. The summed E-state index contributed by atoms with van der Waals surface area (Å²) in [6, 6.07) is 10.2. The number of hydrogen-bond donors (Lipinski definition) is 0. The summed E-state index contributed by atoms with van der Waals surface area (Å²) >= 11 is 0. The van der Waals surface area contributed by atoms with E-state index < -0.39 is 0 Å². The van der Waals surface area contributed by atoms with Crippen LogP contribution in [0.25, 0.3) is 6.08 Å². The lowest BCUT2D eigenvalue weighted by molar-refractivity contribution is 0.282. The predicted octanol–water partition coefficient (Wildman–Crippen LogP) is 3.29. The molecule has 0 atom stereocenters. The van der Waals surface area contributed by atoms with Gasteiger partial charge in [0, 0.05) is 6.42 Å². The van der Waals surface area contributed by atoms with Crippen LogP contribution >= 0.6 is 0 Å². The standard InChI is InChI=1S/C12H15O/c1-3-7-12(13-2)10-11-8-5-4-6-9-11/h4-6,8-10H,1,3,7H2,2H3. The summed E-state index contributed by atoms with van der Waals surface area (Å²) in [5.74, 6) is 0.987. The van der Waals surface area contributed by atoms with E-state index >= 15 is 0 Å². The first-order valence-electron chi connectivity index (χ1n) is 4.45. The van der Waals surface area contributed by atoms with Crippen LogP contribution in [0.15, 0.2) is 36.1 Å². The van der Waals surface area contributed by atoms with E-state index in [0.29, 0.717) is 0 Å². The Balaban J connectivity index is 2.73. The van der Waals surface area contributed by atoms with E-state index in [1.807, 2.05) is 24.3 Å². The monoisotopic (exact) mass is 175 g/mol. The fraction of sp³-hybridized carbons (Fsp3) is 0.250. The van der Waals surface area contributed by atoms with E-state index in [9.17, 15) is 0 Å². The van der Waals surface area contributed by atoms with Crippen LogP contribution in [0.4, 0.5) is 0 Å². The molecule has 1 rings (SSSR count). The highest BCUT2D eigenvalue weighted by Gasteiger charge is 1.94. The van der Waals surface area contributed by atoms with E-state index in [4.69, 9.17) is 4.74 Å². The number of methoxy groups -OCH3 is 1. The Hall–Kier alpha value is -1.24. The van der Waals surface area contributed by atoms with Gasteiger partial charge in [0.15, 0.2) is 0 Å². The Morgan fingerprint density at radius 2 is 2.08 bits per heavy atom. The minimum Gasteiger partial charge on any atom is -0.501 e. The Kier molecular flexibility index (Phi) is 4.10. The molecule has 1 radical (unpaired) electrons. The van der Waals surface area contributed by atoms with Crippen LogP contribution in [0.1, 0.15) is 18.4 Å². The van der Waals surface area contributed by atoms with E-state index in [1.54, 1.807) is 7.11 Å². The third-order valence-corrected chi connectivity index (χ3v) is 1.81. The summed E-state index contributed by atoms with van der Waals surface area (Å²) in [4.78, 5) is 0. The van der Waals surface area contributed by atoms with Crippen molar-refractivity contribution in [1.82, 2.24) is 0 Å². The molecule has 0 amide bonds. The first-order chi connectivity index (χ1) is 6.36. The molecule has 69 valence electrons. The van der Waals surface area contributed by atoms with Gasteiger partial charge in [0.25, 0.3) is 0 Å². The van der Waals surface area contributed by atoms with Crippen molar-refractivity contribution in [3.05, 3.63) is 48.6 Å². The van der Waals surface area contributed by atoms with Crippen molar-refractivity contribution < 1.29 is 4.74 Å². The van der Waals surface area contributed by atoms with Crippen LogP contribution in [0.3, 0.4) is 0 Å². The SMILES string of the molecule is [CH2]CCC(=Cc1ccccc1)OC. The molecule has 0 aromatic heterocycles. The van der Waals surface area contributed by atoms with Crippen LogP contribution in [0.5, 0.6) is 0 Å². The van der Waals surface area contributed by atoms with Crippen molar-refractivity contribution in [1.29, 1.82) is 0 Å². The van der Waals surface area contributed by atoms with Gasteiger partial charge in [-0.05, 0) is 18.1 Å². The van der Waals surface area contributed by atoms with Gasteiger partial charge in [0.05, 0.1) is 12.9 Å². The Morgan fingerprint density at radius 3 is 2.62 bits per heavy atom. The quantitative estimate of drug-likeness (QED) is 0.638. The molecule has 0 aliphatic rings. The van der Waals surface area contributed by atoms with Crippen molar-refractivity contribution >= 4 is 6.08 Å². The molecule has 1 aromatic carbocycles. The highest BCUT2D eigenvalue weighted by atomic mass is 16.5. The third kappa shape index (κ3) is 3.32. The fourth-order valence-electron chi connectivity index (χ4n) is 1.14. The molecule has 1 nitrogen and oxygen atoms in total. The van der Waals surface area contributed by atoms with Crippen LogP contribution in [0.2, 0.25) is 0 Å². The molecule has 1 heteroatoms. The Bertz CT molecular complexity index is 262. The van der Waals surface area contributed by atoms with Crippen LogP contribution < -0.4 is 0 Å². The summed E-state index contributed by atoms with van der Waals surface area (Å²) in [7, 11) is 1.70. The molecule has 0 N–H and O–H groups in total. The van der Waals surface area contributed by atoms with Gasteiger partial charge in [0.1, 0.15) is 0 Å². The number of rotatable bonds is 4. The summed E-state index contributed by atoms with van der Waals surface area (Å²) in [6.07, 6.45) is 3.81. The highest BCUT2D eigenvalue weighted by Crippen LogP contribution is 2.11. The van der Waals surface area contributed by atoms with Gasteiger partial charge in [-0.25, -0.2) is 0 Å². The average Bonchev–Trinajstić information content (AvgIpc) is 2.19. The summed E-state index contributed by atoms with van der Waals surface area (Å²) in [5.41, 5.74) is 1.17. The maximum absolute atomic E-state index is 5.22. The first-order valence-corrected chi connectivity index (χ1v) is 4.45. The first kappa shape index (κ1) is 9.85. The van der Waals surface area contributed by atoms with Gasteiger partial charge in [-0.15, -0.1) is 0 Å². The van der Waals surface area contributed by atoms with Gasteiger partial charge in [0.2, 0.25) is 0 Å². The molecule has 0 saturated heterocycles. The topological polar surface area (TPSA) is 9.23 Å². The molecule has 1 aromatic rings. The van der Waals surface area contributed by atoms with Crippen molar-refractivity contribution in [2.24, 2.45) is 0 Å². The maximum Gasteiger partial charge on any atom is 0.0961 e. The second-order valence-corrected chi connectivity index (χ2v) is 2.83. The molecule has 0 spiro atoms. The molecule has 0 fully saturated rings. The smallest absolute Gasteiger partial charge is 0.0961 e. The lowest BCUT2D eigenvalue weighted by atomic mass is 10.1. The normalized spacial score (nSPS) is 11.4. The van der Waals surface area contributed by atoms with E-state index in [0.717, 1.165) is 18.6 Å². The maximum atomic E-state index is 5.22. The molecule has 0 aliphatic carbocycles. The van der Waals surface area contributed by atoms with Gasteiger partial charge in [-0.3, -0.25) is 0 Å². The number of ether oxygens (including phenoxy) is 1. The zero-order valence-corrected chi connectivity index (χ0v) is 7.99. The lowest BCUT2D eigenvalue weighted by Crippen LogP contribution is -1.85. The molecule has 0 aliphatic heterocycles. The number of allylic oxidation sites excluding steroid dienone is 1. The summed E-state index contributed by atoms with van der Waals surface area (Å²) in [6.45, 7) is 3.79. The van der Waals surface area contributed by atoms with Crippen molar-refractivity contribution in [2.75, 3.05) is 7.11 Å². The molecular formula is C12H15O. The van der Waals surface area contributed by atoms with Crippen molar-refractivity contribution in [3.63, 3.8) is 0 Å². The summed E-state index contributed by atoms with van der Waals surface area (Å²) < 4.78 is 5.22. The molecule has 13 heavy (non-hydrogen) atoms. The minimum absolute atomic E-state index is 0.868. The van der Waals surface area contributed by atoms with Crippen molar-refractivity contribution in [2.45, 2.75) is 12.8 Å². The van der Waals surface area contributed by atoms with E-state index in [1.165, 1.54) is 5.56 Å². The largest absolute Gasteiger partial charge is 0.501 e. The van der Waals surface area contributed by atoms with Crippen LogP contribution in [0, 0.1) is 6.92 Å². The average molecular weight is 175 g/mol. The van der Waals surface area contributed by atoms with Crippen LogP contribution in [-0.4, -0.2) is 7.11 Å². The molecule has 0 unspecified atom stereocenters. The highest BCUT2D eigenvalue weighted by molar-refractivity contribution is 5.50. The zero-order chi connectivity index (χ0) is 9.52. The molecule has 0 bridgehead atoms. The Labute approximate surface area is 80.0 Å².